The highest BCUT2D eigenvalue weighted by Crippen LogP contribution is 2.32. The second-order valence-corrected chi connectivity index (χ2v) is 8.58. The summed E-state index contributed by atoms with van der Waals surface area (Å²) in [7, 11) is 0. The van der Waals surface area contributed by atoms with E-state index in [2.05, 4.69) is 36.3 Å². The predicted molar refractivity (Wildman–Crippen MR) is 128 cm³/mol. The summed E-state index contributed by atoms with van der Waals surface area (Å²) < 4.78 is 5.94. The molecule has 1 N–H and O–H groups in total. The van der Waals surface area contributed by atoms with Crippen molar-refractivity contribution in [2.75, 3.05) is 5.32 Å². The van der Waals surface area contributed by atoms with Gasteiger partial charge >= 0.3 is 0 Å². The van der Waals surface area contributed by atoms with E-state index in [0.29, 0.717) is 43.7 Å². The lowest BCUT2D eigenvalue weighted by Crippen LogP contribution is -2.13. The van der Waals surface area contributed by atoms with Gasteiger partial charge < -0.3 is 9.73 Å². The molecule has 1 heterocycles. The van der Waals surface area contributed by atoms with E-state index >= 15 is 0 Å². The van der Waals surface area contributed by atoms with Gasteiger partial charge in [0, 0.05) is 10.6 Å². The van der Waals surface area contributed by atoms with Crippen molar-refractivity contribution < 1.29 is 9.21 Å². The zero-order valence-corrected chi connectivity index (χ0v) is 19.1. The summed E-state index contributed by atoms with van der Waals surface area (Å²) in [6.07, 6.45) is 1.05. The third-order valence-electron chi connectivity index (χ3n) is 5.23. The highest BCUT2D eigenvalue weighted by Gasteiger charge is 2.16. The summed E-state index contributed by atoms with van der Waals surface area (Å²) in [6.45, 7) is 4.34. The number of aromatic nitrogens is 1. The van der Waals surface area contributed by atoms with Crippen LogP contribution in [0.3, 0.4) is 0 Å². The highest BCUT2D eigenvalue weighted by atomic mass is 35.5. The van der Waals surface area contributed by atoms with E-state index < -0.39 is 5.91 Å². The van der Waals surface area contributed by atoms with Crippen LogP contribution >= 0.6 is 34.8 Å². The average molecular weight is 474 g/mol. The SMILES string of the molecule is CC[C@@H](C)c1ccc2oc(-c3ccc(Cl)c(NC(=O)c4cc(Cl)ccc4Cl)c3)nc2c1. The van der Waals surface area contributed by atoms with Gasteiger partial charge in [0.2, 0.25) is 5.89 Å². The average Bonchev–Trinajstić information content (AvgIpc) is 3.19. The van der Waals surface area contributed by atoms with Gasteiger partial charge in [0.15, 0.2) is 5.58 Å². The Labute approximate surface area is 195 Å². The number of rotatable bonds is 5. The van der Waals surface area contributed by atoms with Gasteiger partial charge in [-0.15, -0.1) is 0 Å². The van der Waals surface area contributed by atoms with E-state index in [4.69, 9.17) is 39.2 Å². The first kappa shape index (κ1) is 21.7. The van der Waals surface area contributed by atoms with Crippen molar-refractivity contribution in [2.45, 2.75) is 26.2 Å². The van der Waals surface area contributed by atoms with Crippen LogP contribution in [0, 0.1) is 0 Å². The van der Waals surface area contributed by atoms with Gasteiger partial charge in [0.25, 0.3) is 5.91 Å². The maximum Gasteiger partial charge on any atom is 0.257 e. The van der Waals surface area contributed by atoms with Gasteiger partial charge in [0.05, 0.1) is 21.3 Å². The van der Waals surface area contributed by atoms with Gasteiger partial charge in [-0.3, -0.25) is 4.79 Å². The molecule has 0 spiro atoms. The summed E-state index contributed by atoms with van der Waals surface area (Å²) in [5.74, 6) is 0.478. The maximum absolute atomic E-state index is 12.7. The van der Waals surface area contributed by atoms with Gasteiger partial charge in [0.1, 0.15) is 5.52 Å². The van der Waals surface area contributed by atoms with Crippen LogP contribution < -0.4 is 5.32 Å². The molecular formula is C24H19Cl3N2O2. The zero-order chi connectivity index (χ0) is 22.1. The molecule has 1 atom stereocenters. The molecule has 158 valence electrons. The fraction of sp³-hybridized carbons (Fsp3) is 0.167. The van der Waals surface area contributed by atoms with Crippen molar-refractivity contribution in [3.8, 4) is 11.5 Å². The van der Waals surface area contributed by atoms with Gasteiger partial charge in [-0.05, 0) is 66.4 Å². The molecule has 4 rings (SSSR count). The Kier molecular flexibility index (Phi) is 6.24. The number of benzene rings is 3. The lowest BCUT2D eigenvalue weighted by Gasteiger charge is -2.10. The Morgan fingerprint density at radius 3 is 2.58 bits per heavy atom. The first-order chi connectivity index (χ1) is 14.9. The van der Waals surface area contributed by atoms with Crippen LogP contribution in [0.1, 0.15) is 42.1 Å². The fourth-order valence-electron chi connectivity index (χ4n) is 3.23. The number of hydrogen-bond acceptors (Lipinski definition) is 3. The van der Waals surface area contributed by atoms with Crippen molar-refractivity contribution in [3.63, 3.8) is 0 Å². The molecule has 4 nitrogen and oxygen atoms in total. The van der Waals surface area contributed by atoms with Crippen LogP contribution in [0.15, 0.2) is 59.0 Å². The standard InChI is InChI=1S/C24H19Cl3N2O2/c1-3-13(2)14-5-9-22-21(10-14)29-24(31-22)15-4-7-19(27)20(11-15)28-23(30)17-12-16(25)6-8-18(17)26/h4-13H,3H2,1-2H3,(H,28,30)/t13-/m1/s1. The number of carbonyl (C=O) groups is 1. The second kappa shape index (κ2) is 8.91. The van der Waals surface area contributed by atoms with Crippen molar-refractivity contribution in [1.82, 2.24) is 4.98 Å². The smallest absolute Gasteiger partial charge is 0.257 e. The van der Waals surface area contributed by atoms with Crippen LogP contribution in [-0.4, -0.2) is 10.9 Å². The quantitative estimate of drug-likeness (QED) is 0.317. The highest BCUT2D eigenvalue weighted by molar-refractivity contribution is 6.37. The first-order valence-corrected chi connectivity index (χ1v) is 11.0. The molecule has 1 amide bonds. The minimum Gasteiger partial charge on any atom is -0.436 e. The lowest BCUT2D eigenvalue weighted by atomic mass is 9.98. The second-order valence-electron chi connectivity index (χ2n) is 7.33. The van der Waals surface area contributed by atoms with Gasteiger partial charge in [-0.1, -0.05) is 54.7 Å². The number of halogens is 3. The van der Waals surface area contributed by atoms with E-state index in [1.807, 2.05) is 6.07 Å². The molecule has 1 aromatic heterocycles. The topological polar surface area (TPSA) is 55.1 Å². The van der Waals surface area contributed by atoms with Crippen molar-refractivity contribution >= 4 is 57.5 Å². The van der Waals surface area contributed by atoms with E-state index in [-0.39, 0.29) is 5.56 Å². The monoisotopic (exact) mass is 472 g/mol. The summed E-state index contributed by atoms with van der Waals surface area (Å²) in [6, 6.07) is 16.0. The van der Waals surface area contributed by atoms with E-state index in [0.717, 1.165) is 11.9 Å². The van der Waals surface area contributed by atoms with Crippen molar-refractivity contribution in [1.29, 1.82) is 0 Å². The number of oxazole rings is 1. The Balaban J connectivity index is 1.66. The third kappa shape index (κ3) is 4.57. The van der Waals surface area contributed by atoms with E-state index in [1.165, 1.54) is 11.6 Å². The van der Waals surface area contributed by atoms with E-state index in [1.54, 1.807) is 30.3 Å². The Hall–Kier alpha value is -2.53. The Morgan fingerprint density at radius 1 is 1.03 bits per heavy atom. The predicted octanol–water partition coefficient (Wildman–Crippen LogP) is 8.22. The molecule has 0 bridgehead atoms. The molecule has 3 aromatic carbocycles. The summed E-state index contributed by atoms with van der Waals surface area (Å²) >= 11 is 18.4. The lowest BCUT2D eigenvalue weighted by molar-refractivity contribution is 0.102. The Morgan fingerprint density at radius 2 is 1.81 bits per heavy atom. The summed E-state index contributed by atoms with van der Waals surface area (Å²) in [5, 5.41) is 3.88. The fourth-order valence-corrected chi connectivity index (χ4v) is 3.77. The zero-order valence-electron chi connectivity index (χ0n) is 16.9. The van der Waals surface area contributed by atoms with Crippen molar-refractivity contribution in [3.05, 3.63) is 80.8 Å². The van der Waals surface area contributed by atoms with Gasteiger partial charge in [-0.2, -0.15) is 0 Å². The number of nitrogens with one attached hydrogen (secondary N) is 1. The van der Waals surface area contributed by atoms with Crippen LogP contribution in [0.4, 0.5) is 5.69 Å². The Bertz CT molecular complexity index is 1280. The third-order valence-corrected chi connectivity index (χ3v) is 6.12. The number of anilines is 1. The maximum atomic E-state index is 12.7. The van der Waals surface area contributed by atoms with Crippen LogP contribution in [0.5, 0.6) is 0 Å². The number of nitrogens with zero attached hydrogens (tertiary/aromatic N) is 1. The molecule has 4 aromatic rings. The number of fused-ring (bicyclic) bond motifs is 1. The molecular weight excluding hydrogens is 455 g/mol. The largest absolute Gasteiger partial charge is 0.436 e. The minimum absolute atomic E-state index is 0.259. The molecule has 0 saturated carbocycles. The molecule has 0 aliphatic heterocycles. The number of hydrogen-bond donors (Lipinski definition) is 1. The number of amides is 1. The minimum atomic E-state index is -0.415. The normalized spacial score (nSPS) is 12.2. The molecule has 0 radical (unpaired) electrons. The molecule has 0 aliphatic carbocycles. The molecule has 0 aliphatic rings. The van der Waals surface area contributed by atoms with Crippen LogP contribution in [-0.2, 0) is 0 Å². The molecule has 31 heavy (non-hydrogen) atoms. The van der Waals surface area contributed by atoms with Crippen molar-refractivity contribution in [2.24, 2.45) is 0 Å². The molecule has 0 fully saturated rings. The molecule has 0 unspecified atom stereocenters. The van der Waals surface area contributed by atoms with Gasteiger partial charge in [-0.25, -0.2) is 4.98 Å². The van der Waals surface area contributed by atoms with Crippen LogP contribution in [0.25, 0.3) is 22.6 Å². The summed E-state index contributed by atoms with van der Waals surface area (Å²) in [5.41, 5.74) is 4.08. The van der Waals surface area contributed by atoms with E-state index in [9.17, 15) is 4.79 Å². The molecule has 7 heteroatoms. The molecule has 0 saturated heterocycles. The first-order valence-electron chi connectivity index (χ1n) is 9.82. The van der Waals surface area contributed by atoms with Crippen LogP contribution in [0.2, 0.25) is 15.1 Å². The number of carbonyl (C=O) groups excluding carboxylic acids is 1. The summed E-state index contributed by atoms with van der Waals surface area (Å²) in [4.78, 5) is 17.3.